The Kier molecular flexibility index (Phi) is 5.03. The molecule has 104 valence electrons. The normalized spacial score (nSPS) is 15.8. The summed E-state index contributed by atoms with van der Waals surface area (Å²) in [5.74, 6) is 0.794. The van der Waals surface area contributed by atoms with Crippen LogP contribution in [-0.2, 0) is 11.3 Å². The molecule has 0 unspecified atom stereocenters. The number of hydrogen-bond acceptors (Lipinski definition) is 4. The van der Waals surface area contributed by atoms with Gasteiger partial charge in [-0.15, -0.1) is 0 Å². The topological polar surface area (TPSA) is 59.6 Å². The monoisotopic (exact) mass is 264 g/mol. The van der Waals surface area contributed by atoms with Crippen LogP contribution in [0.3, 0.4) is 0 Å². The Hall–Kier alpha value is -1.75. The highest BCUT2D eigenvalue weighted by Crippen LogP contribution is 2.12. The fourth-order valence-corrected chi connectivity index (χ4v) is 2.05. The third-order valence-electron chi connectivity index (χ3n) is 3.19. The molecule has 19 heavy (non-hydrogen) atoms. The summed E-state index contributed by atoms with van der Waals surface area (Å²) in [6.07, 6.45) is 1.57. The van der Waals surface area contributed by atoms with Crippen LogP contribution in [0.15, 0.2) is 24.3 Å². The first-order chi connectivity index (χ1) is 9.28. The molecule has 0 bridgehead atoms. The first-order valence-electron chi connectivity index (χ1n) is 6.55. The second-order valence-electron chi connectivity index (χ2n) is 4.59. The van der Waals surface area contributed by atoms with Crippen molar-refractivity contribution < 1.29 is 14.3 Å². The highest BCUT2D eigenvalue weighted by Gasteiger charge is 2.15. The molecule has 1 amide bonds. The van der Waals surface area contributed by atoms with Crippen LogP contribution < -0.4 is 15.4 Å². The van der Waals surface area contributed by atoms with E-state index in [0.29, 0.717) is 0 Å². The number of rotatable bonds is 4. The number of benzene rings is 1. The van der Waals surface area contributed by atoms with Crippen molar-refractivity contribution in [2.75, 3.05) is 20.2 Å². The maximum absolute atomic E-state index is 11.6. The van der Waals surface area contributed by atoms with E-state index in [1.165, 1.54) is 0 Å². The van der Waals surface area contributed by atoms with Gasteiger partial charge in [0, 0.05) is 6.04 Å². The van der Waals surface area contributed by atoms with E-state index >= 15 is 0 Å². The molecule has 5 nitrogen and oxygen atoms in total. The van der Waals surface area contributed by atoms with Crippen molar-refractivity contribution >= 4 is 6.09 Å². The summed E-state index contributed by atoms with van der Waals surface area (Å²) in [5.41, 5.74) is 0.946. The van der Waals surface area contributed by atoms with Crippen LogP contribution in [-0.4, -0.2) is 32.3 Å². The number of hydrogen-bond donors (Lipinski definition) is 2. The zero-order chi connectivity index (χ0) is 13.5. The van der Waals surface area contributed by atoms with Crippen LogP contribution in [0.2, 0.25) is 0 Å². The minimum Gasteiger partial charge on any atom is -0.497 e. The lowest BCUT2D eigenvalue weighted by Gasteiger charge is -2.23. The second-order valence-corrected chi connectivity index (χ2v) is 4.59. The average Bonchev–Trinajstić information content (AvgIpc) is 2.47. The van der Waals surface area contributed by atoms with Crippen LogP contribution in [0.1, 0.15) is 18.4 Å². The Morgan fingerprint density at radius 3 is 2.63 bits per heavy atom. The van der Waals surface area contributed by atoms with Gasteiger partial charge >= 0.3 is 6.09 Å². The van der Waals surface area contributed by atoms with E-state index in [-0.39, 0.29) is 18.7 Å². The van der Waals surface area contributed by atoms with Crippen LogP contribution in [0.25, 0.3) is 0 Å². The van der Waals surface area contributed by atoms with Crippen molar-refractivity contribution in [1.29, 1.82) is 0 Å². The minimum absolute atomic E-state index is 0.226. The summed E-state index contributed by atoms with van der Waals surface area (Å²) in [6.45, 7) is 2.17. The SMILES string of the molecule is COc1ccc(COC(=O)NC2CCNCC2)cc1. The number of nitrogens with one attached hydrogen (secondary N) is 2. The van der Waals surface area contributed by atoms with Gasteiger partial charge < -0.3 is 20.1 Å². The summed E-state index contributed by atoms with van der Waals surface area (Å²) in [7, 11) is 1.62. The molecule has 1 aromatic carbocycles. The molecule has 1 aliphatic heterocycles. The van der Waals surface area contributed by atoms with E-state index in [2.05, 4.69) is 10.6 Å². The third-order valence-corrected chi connectivity index (χ3v) is 3.19. The number of ether oxygens (including phenoxy) is 2. The molecule has 0 saturated carbocycles. The summed E-state index contributed by atoms with van der Waals surface area (Å²) in [5, 5.41) is 6.14. The van der Waals surface area contributed by atoms with Crippen molar-refractivity contribution in [1.82, 2.24) is 10.6 Å². The molecule has 2 rings (SSSR count). The third kappa shape index (κ3) is 4.44. The fraction of sp³-hybridized carbons (Fsp3) is 0.500. The van der Waals surface area contributed by atoms with Crippen molar-refractivity contribution in [2.45, 2.75) is 25.5 Å². The molecular formula is C14H20N2O3. The Bertz CT molecular complexity index is 400. The summed E-state index contributed by atoms with van der Waals surface area (Å²) >= 11 is 0. The lowest BCUT2D eigenvalue weighted by Crippen LogP contribution is -2.42. The predicted molar refractivity (Wildman–Crippen MR) is 72.2 cm³/mol. The average molecular weight is 264 g/mol. The van der Waals surface area contributed by atoms with E-state index in [1.807, 2.05) is 24.3 Å². The predicted octanol–water partition coefficient (Wildman–Crippen LogP) is 1.67. The van der Waals surface area contributed by atoms with Crippen LogP contribution in [0, 0.1) is 0 Å². The van der Waals surface area contributed by atoms with Crippen molar-refractivity contribution in [3.05, 3.63) is 29.8 Å². The first-order valence-corrected chi connectivity index (χ1v) is 6.55. The molecule has 0 aliphatic carbocycles. The zero-order valence-corrected chi connectivity index (χ0v) is 11.1. The molecule has 0 spiro atoms. The van der Waals surface area contributed by atoms with Gasteiger partial charge in [-0.3, -0.25) is 0 Å². The Balaban J connectivity index is 1.72. The van der Waals surface area contributed by atoms with Gasteiger partial charge in [0.2, 0.25) is 0 Å². The summed E-state index contributed by atoms with van der Waals surface area (Å²) in [4.78, 5) is 11.6. The number of carbonyl (C=O) groups excluding carboxylic acids is 1. The van der Waals surface area contributed by atoms with Gasteiger partial charge in [0.25, 0.3) is 0 Å². The van der Waals surface area contributed by atoms with Crippen molar-refractivity contribution in [3.8, 4) is 5.75 Å². The molecule has 0 atom stereocenters. The number of amides is 1. The molecule has 0 radical (unpaired) electrons. The quantitative estimate of drug-likeness (QED) is 0.868. The second kappa shape index (κ2) is 6.99. The number of piperidine rings is 1. The highest BCUT2D eigenvalue weighted by atomic mass is 16.5. The van der Waals surface area contributed by atoms with Crippen LogP contribution >= 0.6 is 0 Å². The maximum atomic E-state index is 11.6. The lowest BCUT2D eigenvalue weighted by molar-refractivity contribution is 0.133. The molecule has 1 heterocycles. The molecule has 1 aromatic rings. The van der Waals surface area contributed by atoms with Gasteiger partial charge in [0.05, 0.1) is 7.11 Å². The first kappa shape index (κ1) is 13.7. The van der Waals surface area contributed by atoms with Gasteiger partial charge in [-0.25, -0.2) is 4.79 Å². The molecular weight excluding hydrogens is 244 g/mol. The Morgan fingerprint density at radius 1 is 1.32 bits per heavy atom. The minimum atomic E-state index is -0.345. The Morgan fingerprint density at radius 2 is 2.00 bits per heavy atom. The van der Waals surface area contributed by atoms with E-state index < -0.39 is 0 Å². The molecule has 1 aliphatic rings. The van der Waals surface area contributed by atoms with E-state index in [4.69, 9.17) is 9.47 Å². The van der Waals surface area contributed by atoms with E-state index in [0.717, 1.165) is 37.2 Å². The van der Waals surface area contributed by atoms with E-state index in [1.54, 1.807) is 7.11 Å². The van der Waals surface area contributed by atoms with Gasteiger partial charge in [-0.1, -0.05) is 12.1 Å². The molecule has 1 fully saturated rings. The Labute approximate surface area is 113 Å². The summed E-state index contributed by atoms with van der Waals surface area (Å²) in [6, 6.07) is 7.70. The van der Waals surface area contributed by atoms with Crippen LogP contribution in [0.5, 0.6) is 5.75 Å². The van der Waals surface area contributed by atoms with E-state index in [9.17, 15) is 4.79 Å². The largest absolute Gasteiger partial charge is 0.497 e. The molecule has 0 aromatic heterocycles. The molecule has 1 saturated heterocycles. The van der Waals surface area contributed by atoms with Crippen molar-refractivity contribution in [2.24, 2.45) is 0 Å². The van der Waals surface area contributed by atoms with Crippen molar-refractivity contribution in [3.63, 3.8) is 0 Å². The number of carbonyl (C=O) groups is 1. The van der Waals surface area contributed by atoms with Gasteiger partial charge in [-0.05, 0) is 43.6 Å². The zero-order valence-electron chi connectivity index (χ0n) is 11.1. The van der Waals surface area contributed by atoms with Gasteiger partial charge in [0.1, 0.15) is 12.4 Å². The standard InChI is InChI=1S/C14H20N2O3/c1-18-13-4-2-11(3-5-13)10-19-14(17)16-12-6-8-15-9-7-12/h2-5,12,15H,6-10H2,1H3,(H,16,17). The summed E-state index contributed by atoms with van der Waals surface area (Å²) < 4.78 is 10.3. The fourth-order valence-electron chi connectivity index (χ4n) is 2.05. The number of alkyl carbamates (subject to hydrolysis) is 1. The molecule has 2 N–H and O–H groups in total. The smallest absolute Gasteiger partial charge is 0.407 e. The van der Waals surface area contributed by atoms with Gasteiger partial charge in [-0.2, -0.15) is 0 Å². The van der Waals surface area contributed by atoms with Gasteiger partial charge in [0.15, 0.2) is 0 Å². The highest BCUT2D eigenvalue weighted by molar-refractivity contribution is 5.67. The maximum Gasteiger partial charge on any atom is 0.407 e. The lowest BCUT2D eigenvalue weighted by atomic mass is 10.1. The number of methoxy groups -OCH3 is 1. The molecule has 5 heteroatoms. The van der Waals surface area contributed by atoms with Crippen LogP contribution in [0.4, 0.5) is 4.79 Å².